The van der Waals surface area contributed by atoms with E-state index in [0.717, 1.165) is 17.3 Å². The van der Waals surface area contributed by atoms with Crippen LogP contribution in [0.1, 0.15) is 51.9 Å². The molecule has 0 bridgehead atoms. The molecule has 2 fully saturated rings. The molecule has 18 heavy (non-hydrogen) atoms. The highest BCUT2D eigenvalue weighted by molar-refractivity contribution is 7.99. The minimum atomic E-state index is 0.753. The Morgan fingerprint density at radius 1 is 1.17 bits per heavy atom. The van der Waals surface area contributed by atoms with E-state index in [1.54, 1.807) is 0 Å². The monoisotopic (exact) mass is 270 g/mol. The molecular formula is C15H30N2S. The third-order valence-corrected chi connectivity index (χ3v) is 5.73. The van der Waals surface area contributed by atoms with Gasteiger partial charge in [0.1, 0.15) is 0 Å². The zero-order valence-electron chi connectivity index (χ0n) is 12.2. The van der Waals surface area contributed by atoms with Crippen LogP contribution in [0.25, 0.3) is 0 Å². The summed E-state index contributed by atoms with van der Waals surface area (Å²) in [5.41, 5.74) is 0. The standard InChI is InChI=1S/C15H30N2S/c1-3-10-16-13-7-6-11-17(12-13)14-8-4-5-9-15(14)18-2/h13-16H,3-12H2,1-2H3. The van der Waals surface area contributed by atoms with E-state index < -0.39 is 0 Å². The molecule has 1 aliphatic carbocycles. The molecule has 3 heteroatoms. The molecular weight excluding hydrogens is 240 g/mol. The molecule has 3 unspecified atom stereocenters. The van der Waals surface area contributed by atoms with Crippen LogP contribution in [0.5, 0.6) is 0 Å². The molecule has 0 aromatic rings. The zero-order valence-corrected chi connectivity index (χ0v) is 13.0. The summed E-state index contributed by atoms with van der Waals surface area (Å²) in [5.74, 6) is 0. The number of hydrogen-bond donors (Lipinski definition) is 1. The summed E-state index contributed by atoms with van der Waals surface area (Å²) < 4.78 is 0. The van der Waals surface area contributed by atoms with Crippen LogP contribution in [-0.4, -0.2) is 48.1 Å². The Morgan fingerprint density at radius 2 is 2.00 bits per heavy atom. The molecule has 0 spiro atoms. The predicted molar refractivity (Wildman–Crippen MR) is 82.4 cm³/mol. The van der Waals surface area contributed by atoms with E-state index in [-0.39, 0.29) is 0 Å². The van der Waals surface area contributed by atoms with Crippen LogP contribution in [0, 0.1) is 0 Å². The minimum Gasteiger partial charge on any atom is -0.313 e. The first kappa shape index (κ1) is 14.7. The summed E-state index contributed by atoms with van der Waals surface area (Å²) >= 11 is 2.10. The molecule has 0 radical (unpaired) electrons. The molecule has 3 atom stereocenters. The van der Waals surface area contributed by atoms with E-state index >= 15 is 0 Å². The topological polar surface area (TPSA) is 15.3 Å². The van der Waals surface area contributed by atoms with Crippen molar-refractivity contribution in [3.8, 4) is 0 Å². The summed E-state index contributed by atoms with van der Waals surface area (Å²) in [6, 6.07) is 1.61. The quantitative estimate of drug-likeness (QED) is 0.826. The van der Waals surface area contributed by atoms with E-state index in [2.05, 4.69) is 35.2 Å². The van der Waals surface area contributed by atoms with Crippen molar-refractivity contribution in [2.24, 2.45) is 0 Å². The maximum absolute atomic E-state index is 3.72. The Hall–Kier alpha value is 0.270. The lowest BCUT2D eigenvalue weighted by Crippen LogP contribution is -2.53. The van der Waals surface area contributed by atoms with Crippen molar-refractivity contribution in [3.05, 3.63) is 0 Å². The normalized spacial score (nSPS) is 34.7. The van der Waals surface area contributed by atoms with Gasteiger partial charge in [0, 0.05) is 23.9 Å². The predicted octanol–water partition coefficient (Wildman–Crippen LogP) is 3.12. The Bertz CT molecular complexity index is 235. The first-order chi connectivity index (χ1) is 8.85. The van der Waals surface area contributed by atoms with E-state index in [4.69, 9.17) is 0 Å². The summed E-state index contributed by atoms with van der Waals surface area (Å²) in [5, 5.41) is 4.62. The van der Waals surface area contributed by atoms with Crippen LogP contribution in [-0.2, 0) is 0 Å². The van der Waals surface area contributed by atoms with Crippen LogP contribution >= 0.6 is 11.8 Å². The lowest BCUT2D eigenvalue weighted by atomic mass is 9.91. The van der Waals surface area contributed by atoms with Crippen LogP contribution in [0.3, 0.4) is 0 Å². The number of hydrogen-bond acceptors (Lipinski definition) is 3. The summed E-state index contributed by atoms with van der Waals surface area (Å²) in [6.45, 7) is 6.08. The molecule has 2 nitrogen and oxygen atoms in total. The second kappa shape index (κ2) is 7.76. The Morgan fingerprint density at radius 3 is 2.78 bits per heavy atom. The average molecular weight is 270 g/mol. The van der Waals surface area contributed by atoms with Gasteiger partial charge in [-0.05, 0) is 51.4 Å². The number of thioether (sulfide) groups is 1. The molecule has 1 aliphatic heterocycles. The first-order valence-corrected chi connectivity index (χ1v) is 9.14. The summed E-state index contributed by atoms with van der Waals surface area (Å²) in [6.07, 6.45) is 12.1. The molecule has 1 N–H and O–H groups in total. The van der Waals surface area contributed by atoms with Gasteiger partial charge in [-0.25, -0.2) is 0 Å². The fourth-order valence-electron chi connectivity index (χ4n) is 3.59. The van der Waals surface area contributed by atoms with Gasteiger partial charge in [0.2, 0.25) is 0 Å². The van der Waals surface area contributed by atoms with E-state index in [1.165, 1.54) is 64.6 Å². The second-order valence-electron chi connectivity index (χ2n) is 5.91. The molecule has 1 saturated carbocycles. The molecule has 0 amide bonds. The lowest BCUT2D eigenvalue weighted by Gasteiger charge is -2.43. The van der Waals surface area contributed by atoms with Gasteiger partial charge < -0.3 is 5.32 Å². The van der Waals surface area contributed by atoms with E-state index in [1.807, 2.05) is 0 Å². The highest BCUT2D eigenvalue weighted by atomic mass is 32.2. The maximum Gasteiger partial charge on any atom is 0.0215 e. The third-order valence-electron chi connectivity index (χ3n) is 4.58. The van der Waals surface area contributed by atoms with Crippen LogP contribution in [0.2, 0.25) is 0 Å². The van der Waals surface area contributed by atoms with Crippen LogP contribution in [0.15, 0.2) is 0 Å². The van der Waals surface area contributed by atoms with Crippen molar-refractivity contribution in [1.29, 1.82) is 0 Å². The fourth-order valence-corrected chi connectivity index (χ4v) is 4.62. The fraction of sp³-hybridized carbons (Fsp3) is 1.00. The van der Waals surface area contributed by atoms with Crippen molar-refractivity contribution in [3.63, 3.8) is 0 Å². The van der Waals surface area contributed by atoms with Crippen molar-refractivity contribution in [2.75, 3.05) is 25.9 Å². The number of nitrogens with zero attached hydrogens (tertiary/aromatic N) is 1. The largest absolute Gasteiger partial charge is 0.313 e. The molecule has 1 saturated heterocycles. The molecule has 106 valence electrons. The highest BCUT2D eigenvalue weighted by Gasteiger charge is 2.32. The molecule has 0 aromatic carbocycles. The summed E-state index contributed by atoms with van der Waals surface area (Å²) in [4.78, 5) is 2.80. The maximum atomic E-state index is 3.72. The number of rotatable bonds is 5. The first-order valence-electron chi connectivity index (χ1n) is 7.85. The van der Waals surface area contributed by atoms with Gasteiger partial charge in [-0.1, -0.05) is 19.8 Å². The molecule has 2 aliphatic rings. The van der Waals surface area contributed by atoms with Gasteiger partial charge in [-0.2, -0.15) is 11.8 Å². The average Bonchev–Trinajstić information content (AvgIpc) is 2.45. The zero-order chi connectivity index (χ0) is 12.8. The van der Waals surface area contributed by atoms with E-state index in [0.29, 0.717) is 0 Å². The van der Waals surface area contributed by atoms with Crippen LogP contribution in [0.4, 0.5) is 0 Å². The minimum absolute atomic E-state index is 0.753. The number of nitrogens with one attached hydrogen (secondary N) is 1. The molecule has 1 heterocycles. The number of likely N-dealkylation sites (tertiary alicyclic amines) is 1. The Labute approximate surface area is 117 Å². The van der Waals surface area contributed by atoms with E-state index in [9.17, 15) is 0 Å². The third kappa shape index (κ3) is 3.88. The van der Waals surface area contributed by atoms with Crippen molar-refractivity contribution >= 4 is 11.8 Å². The van der Waals surface area contributed by atoms with Crippen molar-refractivity contribution in [2.45, 2.75) is 69.2 Å². The summed E-state index contributed by atoms with van der Waals surface area (Å²) in [7, 11) is 0. The smallest absolute Gasteiger partial charge is 0.0215 e. The SMILES string of the molecule is CCCNC1CCCN(C2CCCCC2SC)C1. The van der Waals surface area contributed by atoms with Gasteiger partial charge in [0.15, 0.2) is 0 Å². The van der Waals surface area contributed by atoms with Crippen molar-refractivity contribution in [1.82, 2.24) is 10.2 Å². The number of piperidine rings is 1. The van der Waals surface area contributed by atoms with Gasteiger partial charge in [-0.3, -0.25) is 4.90 Å². The van der Waals surface area contributed by atoms with Crippen molar-refractivity contribution < 1.29 is 0 Å². The van der Waals surface area contributed by atoms with Gasteiger partial charge >= 0.3 is 0 Å². The van der Waals surface area contributed by atoms with Crippen LogP contribution < -0.4 is 5.32 Å². The molecule has 0 aromatic heterocycles. The van der Waals surface area contributed by atoms with Gasteiger partial charge in [0.25, 0.3) is 0 Å². The van der Waals surface area contributed by atoms with Gasteiger partial charge in [0.05, 0.1) is 0 Å². The highest BCUT2D eigenvalue weighted by Crippen LogP contribution is 2.32. The second-order valence-corrected chi connectivity index (χ2v) is 6.99. The lowest BCUT2D eigenvalue weighted by molar-refractivity contribution is 0.114. The molecule has 2 rings (SSSR count). The van der Waals surface area contributed by atoms with Gasteiger partial charge in [-0.15, -0.1) is 0 Å². The Kier molecular flexibility index (Phi) is 6.33. The Balaban J connectivity index is 1.86.